The molecule has 1 fully saturated rings. The summed E-state index contributed by atoms with van der Waals surface area (Å²) in [7, 11) is 0. The molecule has 0 aliphatic heterocycles. The molecule has 1 saturated carbocycles. The van der Waals surface area contributed by atoms with E-state index in [4.69, 9.17) is 0 Å². The van der Waals surface area contributed by atoms with Gasteiger partial charge in [-0.25, -0.2) is 4.79 Å². The fourth-order valence-corrected chi connectivity index (χ4v) is 2.07. The molecule has 0 unspecified atom stereocenters. The van der Waals surface area contributed by atoms with Gasteiger partial charge in [-0.1, -0.05) is 32.1 Å². The topological polar surface area (TPSA) is 72.5 Å². The van der Waals surface area contributed by atoms with Crippen molar-refractivity contribution >= 4 is 5.97 Å². The third-order valence-corrected chi connectivity index (χ3v) is 2.96. The van der Waals surface area contributed by atoms with Crippen molar-refractivity contribution in [3.05, 3.63) is 0 Å². The number of hydrogen-bond acceptors (Lipinski definition) is 4. The lowest BCUT2D eigenvalue weighted by Gasteiger charge is -2.21. The number of nitrogens with two attached hydrogens (primary N) is 1. The number of carbonyl (C=O) groups excluding carboxylic acids is 1. The van der Waals surface area contributed by atoms with Crippen LogP contribution >= 0.6 is 0 Å². The van der Waals surface area contributed by atoms with Gasteiger partial charge in [-0.3, -0.25) is 0 Å². The van der Waals surface area contributed by atoms with Crippen LogP contribution in [0.15, 0.2) is 0 Å². The molecule has 14 heavy (non-hydrogen) atoms. The third-order valence-electron chi connectivity index (χ3n) is 2.96. The Morgan fingerprint density at radius 2 is 2.07 bits per heavy atom. The van der Waals surface area contributed by atoms with Crippen molar-refractivity contribution in [3.8, 4) is 0 Å². The summed E-state index contributed by atoms with van der Waals surface area (Å²) in [6.45, 7) is 0. The molecule has 0 heterocycles. The van der Waals surface area contributed by atoms with Crippen LogP contribution in [0.1, 0.15) is 44.9 Å². The summed E-state index contributed by atoms with van der Waals surface area (Å²) in [5.41, 5.74) is 0. The highest BCUT2D eigenvalue weighted by molar-refractivity contribution is 5.73. The number of aliphatic hydroxyl groups is 1. The van der Waals surface area contributed by atoms with E-state index in [-0.39, 0.29) is 0 Å². The normalized spacial score (nSPS) is 20.4. The summed E-state index contributed by atoms with van der Waals surface area (Å²) in [6, 6.07) is 0. The molecule has 4 nitrogen and oxygen atoms in total. The molecule has 0 saturated heterocycles. The Morgan fingerprint density at radius 1 is 1.43 bits per heavy atom. The Hall–Kier alpha value is -0.610. The summed E-state index contributed by atoms with van der Waals surface area (Å²) in [5, 5.41) is 9.29. The molecular formula is C10H19NO3. The molecule has 0 spiro atoms. The Bertz CT molecular complexity index is 178. The highest BCUT2D eigenvalue weighted by Crippen LogP contribution is 2.27. The summed E-state index contributed by atoms with van der Waals surface area (Å²) < 4.78 is 0. The van der Waals surface area contributed by atoms with E-state index >= 15 is 0 Å². The molecule has 0 aromatic rings. The van der Waals surface area contributed by atoms with Crippen LogP contribution in [-0.4, -0.2) is 17.2 Å². The van der Waals surface area contributed by atoms with Crippen molar-refractivity contribution in [2.75, 3.05) is 0 Å². The smallest absolute Gasteiger partial charge is 0.353 e. The molecule has 0 aromatic heterocycles. The van der Waals surface area contributed by atoms with Gasteiger partial charge in [0.05, 0.1) is 0 Å². The Labute approximate surface area is 84.4 Å². The molecule has 1 atom stereocenters. The molecule has 82 valence electrons. The van der Waals surface area contributed by atoms with E-state index in [9.17, 15) is 9.90 Å². The predicted molar refractivity (Wildman–Crippen MR) is 52.1 cm³/mol. The largest absolute Gasteiger partial charge is 0.381 e. The molecule has 3 N–H and O–H groups in total. The van der Waals surface area contributed by atoms with E-state index in [2.05, 4.69) is 10.7 Å². The van der Waals surface area contributed by atoms with Gasteiger partial charge in [0.15, 0.2) is 6.10 Å². The predicted octanol–water partition coefficient (Wildman–Crippen LogP) is 1.12. The molecule has 0 bridgehead atoms. The van der Waals surface area contributed by atoms with Crippen molar-refractivity contribution in [2.45, 2.75) is 51.0 Å². The second kappa shape index (κ2) is 5.98. The maximum absolute atomic E-state index is 10.8. The number of aliphatic hydroxyl groups excluding tert-OH is 1. The van der Waals surface area contributed by atoms with Crippen LogP contribution < -0.4 is 5.90 Å². The van der Waals surface area contributed by atoms with E-state index in [1.165, 1.54) is 32.1 Å². The van der Waals surface area contributed by atoms with Crippen molar-refractivity contribution in [3.63, 3.8) is 0 Å². The fourth-order valence-electron chi connectivity index (χ4n) is 2.07. The van der Waals surface area contributed by atoms with Crippen molar-refractivity contribution < 1.29 is 14.7 Å². The zero-order chi connectivity index (χ0) is 10.4. The first-order chi connectivity index (χ1) is 6.74. The number of rotatable bonds is 4. The molecule has 1 aliphatic rings. The first-order valence-corrected chi connectivity index (χ1v) is 5.32. The highest BCUT2D eigenvalue weighted by atomic mass is 16.7. The van der Waals surface area contributed by atoms with E-state index in [1.54, 1.807) is 0 Å². The Morgan fingerprint density at radius 3 is 2.64 bits per heavy atom. The third kappa shape index (κ3) is 3.64. The van der Waals surface area contributed by atoms with Crippen molar-refractivity contribution in [2.24, 2.45) is 11.8 Å². The van der Waals surface area contributed by atoms with Gasteiger partial charge in [-0.05, 0) is 18.8 Å². The zero-order valence-corrected chi connectivity index (χ0v) is 8.45. The molecule has 1 rings (SSSR count). The molecular weight excluding hydrogens is 182 g/mol. The second-order valence-electron chi connectivity index (χ2n) is 4.03. The van der Waals surface area contributed by atoms with Crippen molar-refractivity contribution in [1.82, 2.24) is 0 Å². The van der Waals surface area contributed by atoms with Gasteiger partial charge in [0.1, 0.15) is 0 Å². The average Bonchev–Trinajstić information content (AvgIpc) is 2.26. The van der Waals surface area contributed by atoms with Crippen LogP contribution in [0, 0.1) is 5.92 Å². The highest BCUT2D eigenvalue weighted by Gasteiger charge is 2.19. The molecule has 4 heteroatoms. The minimum Gasteiger partial charge on any atom is -0.381 e. The number of hydrogen-bond donors (Lipinski definition) is 2. The molecule has 0 aromatic carbocycles. The standard InChI is InChI=1S/C10H19NO3/c11-14-10(13)9(12)7-6-8-4-2-1-3-5-8/h8-9,12H,1-7,11H2/t9-/m1/s1. The van der Waals surface area contributed by atoms with Gasteiger partial charge >= 0.3 is 5.97 Å². The lowest BCUT2D eigenvalue weighted by molar-refractivity contribution is -0.154. The first kappa shape index (κ1) is 11.5. The van der Waals surface area contributed by atoms with Crippen LogP contribution in [0.25, 0.3) is 0 Å². The minimum atomic E-state index is -1.04. The van der Waals surface area contributed by atoms with E-state index in [0.29, 0.717) is 12.3 Å². The number of carbonyl (C=O) groups is 1. The summed E-state index contributed by atoms with van der Waals surface area (Å²) in [6.07, 6.45) is 6.67. The summed E-state index contributed by atoms with van der Waals surface area (Å²) in [4.78, 5) is 14.8. The molecule has 0 amide bonds. The van der Waals surface area contributed by atoms with Crippen LogP contribution in [-0.2, 0) is 9.63 Å². The second-order valence-corrected chi connectivity index (χ2v) is 4.03. The van der Waals surface area contributed by atoms with Crippen LogP contribution in [0.5, 0.6) is 0 Å². The van der Waals surface area contributed by atoms with Crippen LogP contribution in [0.3, 0.4) is 0 Å². The molecule has 1 aliphatic carbocycles. The maximum atomic E-state index is 10.8. The Kier molecular flexibility index (Phi) is 4.90. The fraction of sp³-hybridized carbons (Fsp3) is 0.900. The van der Waals surface area contributed by atoms with E-state index in [1.807, 2.05) is 0 Å². The quantitative estimate of drug-likeness (QED) is 0.669. The van der Waals surface area contributed by atoms with Gasteiger partial charge < -0.3 is 9.94 Å². The van der Waals surface area contributed by atoms with Crippen LogP contribution in [0.4, 0.5) is 0 Å². The minimum absolute atomic E-state index is 0.473. The Balaban J connectivity index is 2.15. The van der Waals surface area contributed by atoms with Crippen molar-refractivity contribution in [1.29, 1.82) is 0 Å². The maximum Gasteiger partial charge on any atom is 0.353 e. The van der Waals surface area contributed by atoms with E-state index in [0.717, 1.165) is 6.42 Å². The zero-order valence-electron chi connectivity index (χ0n) is 8.45. The van der Waals surface area contributed by atoms with E-state index < -0.39 is 12.1 Å². The lowest BCUT2D eigenvalue weighted by Crippen LogP contribution is -2.26. The molecule has 0 radical (unpaired) electrons. The van der Waals surface area contributed by atoms with Gasteiger partial charge in [-0.2, -0.15) is 5.90 Å². The average molecular weight is 201 g/mol. The van der Waals surface area contributed by atoms with Gasteiger partial charge in [-0.15, -0.1) is 0 Å². The van der Waals surface area contributed by atoms with Crippen LogP contribution in [0.2, 0.25) is 0 Å². The van der Waals surface area contributed by atoms with Gasteiger partial charge in [0.25, 0.3) is 0 Å². The summed E-state index contributed by atoms with van der Waals surface area (Å²) in [5.74, 6) is 4.62. The monoisotopic (exact) mass is 201 g/mol. The van der Waals surface area contributed by atoms with Gasteiger partial charge in [0.2, 0.25) is 0 Å². The first-order valence-electron chi connectivity index (χ1n) is 5.32. The lowest BCUT2D eigenvalue weighted by atomic mass is 9.85. The SMILES string of the molecule is NOC(=O)[C@H](O)CCC1CCCCC1. The summed E-state index contributed by atoms with van der Waals surface area (Å²) >= 11 is 0. The van der Waals surface area contributed by atoms with Gasteiger partial charge in [0, 0.05) is 0 Å².